The van der Waals surface area contributed by atoms with Gasteiger partial charge in [0.2, 0.25) is 0 Å². The number of nitrogens with zero attached hydrogens (tertiary/aromatic N) is 1. The molecule has 2 N–H and O–H groups in total. The highest BCUT2D eigenvalue weighted by atomic mass is 32.2. The molecule has 6 nitrogen and oxygen atoms in total. The van der Waals surface area contributed by atoms with Crippen molar-refractivity contribution >= 4 is 31.9 Å². The molecule has 164 valence electrons. The zero-order chi connectivity index (χ0) is 22.9. The van der Waals surface area contributed by atoms with Crippen molar-refractivity contribution in [1.29, 1.82) is 5.26 Å². The van der Waals surface area contributed by atoms with E-state index in [1.807, 2.05) is 30.3 Å². The van der Waals surface area contributed by atoms with Gasteiger partial charge in [-0.1, -0.05) is 30.3 Å². The molecule has 0 radical (unpaired) electrons. The average Bonchev–Trinajstić information content (AvgIpc) is 2.66. The fraction of sp³-hybridized carbons (Fsp3) is 0.294. The summed E-state index contributed by atoms with van der Waals surface area (Å²) in [6.45, 7) is 3.77. The molecule has 13 heteroatoms. The molecule has 2 rings (SSSR count). The van der Waals surface area contributed by atoms with Crippen molar-refractivity contribution < 1.29 is 40.7 Å². The molecule has 0 unspecified atom stereocenters. The van der Waals surface area contributed by atoms with E-state index in [0.29, 0.717) is 16.2 Å². The Labute approximate surface area is 175 Å². The van der Waals surface area contributed by atoms with E-state index in [9.17, 15) is 27.1 Å². The topological polar surface area (TPSA) is 98.1 Å². The van der Waals surface area contributed by atoms with Gasteiger partial charge in [-0.15, -0.1) is 11.8 Å². The van der Waals surface area contributed by atoms with Gasteiger partial charge >= 0.3 is 20.4 Å². The van der Waals surface area contributed by atoms with Crippen LogP contribution >= 0.6 is 19.4 Å². The molecule has 1 heterocycles. The number of nitriles is 1. The van der Waals surface area contributed by atoms with E-state index in [1.165, 1.54) is 11.8 Å². The molecule has 0 aliphatic rings. The molecule has 30 heavy (non-hydrogen) atoms. The minimum Gasteiger partial charge on any atom is -0.418 e. The smallest absolute Gasteiger partial charge is 0.418 e. The molecule has 0 aliphatic carbocycles. The summed E-state index contributed by atoms with van der Waals surface area (Å²) in [6, 6.07) is 11.3. The summed E-state index contributed by atoms with van der Waals surface area (Å²) in [5, 5.41) is 15.9. The first-order valence-electron chi connectivity index (χ1n) is 8.58. The van der Waals surface area contributed by atoms with Gasteiger partial charge in [-0.25, -0.2) is 5.41 Å². The van der Waals surface area contributed by atoms with E-state index in [2.05, 4.69) is 6.07 Å². The fourth-order valence-electron chi connectivity index (χ4n) is 2.40. The molecule has 0 saturated carbocycles. The SMILES string of the molecule is CCOP(=O)(OCC)c1c(SC)c(C#N)c(-c2ccccc2)oc1=[NH2+].F[B-](F)(F)F. The predicted molar refractivity (Wildman–Crippen MR) is 106 cm³/mol. The van der Waals surface area contributed by atoms with Crippen LogP contribution in [-0.4, -0.2) is 26.7 Å². The van der Waals surface area contributed by atoms with Gasteiger partial charge in [0.05, 0.1) is 18.1 Å². The Balaban J connectivity index is 0.000000804. The van der Waals surface area contributed by atoms with Crippen LogP contribution < -0.4 is 16.3 Å². The van der Waals surface area contributed by atoms with Crippen molar-refractivity contribution in [2.24, 2.45) is 0 Å². The van der Waals surface area contributed by atoms with Gasteiger partial charge in [0, 0.05) is 5.56 Å². The first-order valence-corrected chi connectivity index (χ1v) is 11.3. The summed E-state index contributed by atoms with van der Waals surface area (Å²) >= 11 is 1.25. The normalized spacial score (nSPS) is 11.4. The van der Waals surface area contributed by atoms with Gasteiger partial charge in [-0.2, -0.15) is 5.26 Å². The number of hydrogen-bond acceptors (Lipinski definition) is 6. The number of halogens is 4. The zero-order valence-corrected chi connectivity index (χ0v) is 18.1. The number of nitrogens with two attached hydrogens (primary N) is 1. The quantitative estimate of drug-likeness (QED) is 0.291. The van der Waals surface area contributed by atoms with E-state index < -0.39 is 14.9 Å². The van der Waals surface area contributed by atoms with Gasteiger partial charge in [0.15, 0.2) is 11.1 Å². The highest BCUT2D eigenvalue weighted by Crippen LogP contribution is 2.48. The second-order valence-corrected chi connectivity index (χ2v) is 8.13. The van der Waals surface area contributed by atoms with Crippen molar-refractivity contribution in [3.05, 3.63) is 41.4 Å². The standard InChI is InChI=1S/C17H19N2O4PS.BF4/c1-4-21-24(20,22-5-2)15-16(25-3)13(11-18)14(23-17(15)19)12-9-7-6-8-10-12;2-1(3,4)5/h6-10,19H,4-5H2,1-3H3;/q;-1/p+1. The largest absolute Gasteiger partial charge is 0.673 e. The molecule has 0 bridgehead atoms. The lowest BCUT2D eigenvalue weighted by Crippen LogP contribution is -2.53. The van der Waals surface area contributed by atoms with Crippen molar-refractivity contribution in [3.8, 4) is 17.4 Å². The van der Waals surface area contributed by atoms with Crippen LogP contribution in [0, 0.1) is 11.3 Å². The summed E-state index contributed by atoms with van der Waals surface area (Å²) in [4.78, 5) is 0.440. The Bertz CT molecular complexity index is 980. The number of rotatable bonds is 7. The third-order valence-electron chi connectivity index (χ3n) is 3.34. The summed E-state index contributed by atoms with van der Waals surface area (Å²) < 4.78 is 68.7. The fourth-order valence-corrected chi connectivity index (χ4v) is 5.34. The zero-order valence-electron chi connectivity index (χ0n) is 16.4. The number of thioether (sulfide) groups is 1. The van der Waals surface area contributed by atoms with Crippen LogP contribution in [-0.2, 0) is 13.6 Å². The molecule has 0 saturated heterocycles. The van der Waals surface area contributed by atoms with Crippen LogP contribution in [0.5, 0.6) is 0 Å². The molecule has 0 spiro atoms. The molecule has 0 fully saturated rings. The first-order chi connectivity index (χ1) is 14.0. The van der Waals surface area contributed by atoms with Crippen LogP contribution in [0.15, 0.2) is 39.6 Å². The Morgan fingerprint density at radius 2 is 1.67 bits per heavy atom. The van der Waals surface area contributed by atoms with Crippen LogP contribution in [0.4, 0.5) is 17.3 Å². The van der Waals surface area contributed by atoms with Gasteiger partial charge in [-0.3, -0.25) is 4.57 Å². The Hall–Kier alpha value is -2.06. The van der Waals surface area contributed by atoms with E-state index in [4.69, 9.17) is 18.9 Å². The maximum Gasteiger partial charge on any atom is 0.673 e. The van der Waals surface area contributed by atoms with Crippen LogP contribution in [0.1, 0.15) is 19.4 Å². The molecular weight excluding hydrogens is 446 g/mol. The Kier molecular flexibility index (Phi) is 9.84. The first kappa shape index (κ1) is 26.0. The van der Waals surface area contributed by atoms with Crippen molar-refractivity contribution in [2.75, 3.05) is 19.5 Å². The molecular formula is C17H20BF4N2O4PS. The van der Waals surface area contributed by atoms with Crippen molar-refractivity contribution in [3.63, 3.8) is 0 Å². The van der Waals surface area contributed by atoms with Crippen molar-refractivity contribution in [2.45, 2.75) is 18.7 Å². The van der Waals surface area contributed by atoms with Crippen LogP contribution in [0.25, 0.3) is 11.3 Å². The minimum atomic E-state index is -6.00. The Morgan fingerprint density at radius 1 is 1.17 bits per heavy atom. The average molecular weight is 466 g/mol. The van der Waals surface area contributed by atoms with E-state index >= 15 is 0 Å². The van der Waals surface area contributed by atoms with Gasteiger partial charge in [-0.05, 0) is 20.1 Å². The molecule has 2 aromatic rings. The summed E-state index contributed by atoms with van der Waals surface area (Å²) in [5.74, 6) is 0.327. The molecule has 1 aromatic heterocycles. The monoisotopic (exact) mass is 466 g/mol. The number of hydrogen-bond donors (Lipinski definition) is 1. The van der Waals surface area contributed by atoms with E-state index in [-0.39, 0.29) is 29.6 Å². The van der Waals surface area contributed by atoms with Crippen LogP contribution in [0.2, 0.25) is 0 Å². The van der Waals surface area contributed by atoms with Crippen LogP contribution in [0.3, 0.4) is 0 Å². The van der Waals surface area contributed by atoms with Gasteiger partial charge in [0.25, 0.3) is 0 Å². The van der Waals surface area contributed by atoms with E-state index in [0.717, 1.165) is 0 Å². The third kappa shape index (κ3) is 7.02. The van der Waals surface area contributed by atoms with Crippen molar-refractivity contribution in [1.82, 2.24) is 0 Å². The predicted octanol–water partition coefficient (Wildman–Crippen LogP) is 3.39. The lowest BCUT2D eigenvalue weighted by Gasteiger charge is -2.18. The highest BCUT2D eigenvalue weighted by Gasteiger charge is 2.38. The van der Waals surface area contributed by atoms with Gasteiger partial charge in [0.1, 0.15) is 11.6 Å². The number of benzene rings is 1. The molecule has 0 atom stereocenters. The van der Waals surface area contributed by atoms with Gasteiger partial charge < -0.3 is 30.7 Å². The molecule has 1 aromatic carbocycles. The summed E-state index contributed by atoms with van der Waals surface area (Å²) in [5.41, 5.74) is 0.880. The molecule has 0 amide bonds. The maximum atomic E-state index is 13.2. The second kappa shape index (κ2) is 11.4. The third-order valence-corrected chi connectivity index (χ3v) is 6.49. The summed E-state index contributed by atoms with van der Waals surface area (Å²) in [7, 11) is -9.71. The highest BCUT2D eigenvalue weighted by molar-refractivity contribution is 7.99. The summed E-state index contributed by atoms with van der Waals surface area (Å²) in [6.07, 6.45) is 1.77. The minimum absolute atomic E-state index is 0.0764. The van der Waals surface area contributed by atoms with E-state index in [1.54, 1.807) is 20.1 Å². The molecule has 0 aliphatic heterocycles. The maximum absolute atomic E-state index is 13.2. The second-order valence-electron chi connectivity index (χ2n) is 5.36. The Morgan fingerprint density at radius 3 is 2.07 bits per heavy atom. The lowest BCUT2D eigenvalue weighted by molar-refractivity contribution is -0.196. The lowest BCUT2D eigenvalue weighted by atomic mass is 10.1.